The van der Waals surface area contributed by atoms with Crippen LogP contribution in [0, 0.1) is 19.8 Å². The fraction of sp³-hybridized carbons (Fsp3) is 0.571. The summed E-state index contributed by atoms with van der Waals surface area (Å²) in [6.45, 7) is 5.83. The number of hydrogen-bond donors (Lipinski definition) is 0. The molecular weight excluding hydrogens is 825 g/mol. The van der Waals surface area contributed by atoms with Crippen LogP contribution in [-0.4, -0.2) is 0 Å². The minimum absolute atomic E-state index is 0. The summed E-state index contributed by atoms with van der Waals surface area (Å²) < 4.78 is 0. The first kappa shape index (κ1) is 28.0. The third kappa shape index (κ3) is 80.0. The Labute approximate surface area is 46.9 Å². The maximum Gasteiger partial charge on any atom is 0 e. The topological polar surface area (TPSA) is 0 Å². The van der Waals surface area contributed by atoms with Gasteiger partial charge in [0.05, 0.1) is 0 Å². The van der Waals surface area contributed by atoms with Crippen molar-refractivity contribution < 1.29 is 0 Å². The van der Waals surface area contributed by atoms with Crippen molar-refractivity contribution >= 4 is 0 Å². The molecule has 0 rings (SSSR count). The van der Waals surface area contributed by atoms with Gasteiger partial charge in [-0.15, -0.1) is 0 Å². The summed E-state index contributed by atoms with van der Waals surface area (Å²) in [4.78, 5) is 0. The summed E-state index contributed by atoms with van der Waals surface area (Å²) in [5, 5.41) is 0. The molecule has 0 aromatic heterocycles. The summed E-state index contributed by atoms with van der Waals surface area (Å²) in [5.74, 6) is 0. The molecule has 0 fully saturated rings. The van der Waals surface area contributed by atoms with Crippen molar-refractivity contribution in [3.05, 3.63) is 19.8 Å². The Morgan fingerprint density at radius 3 is 1.90 bits per heavy atom. The van der Waals surface area contributed by atoms with E-state index in [1.54, 1.807) is 0 Å². The van der Waals surface area contributed by atoms with Crippen molar-refractivity contribution in [2.45, 2.75) is 26.2 Å². The van der Waals surface area contributed by atoms with E-state index in [0.717, 1.165) is 12.8 Å². The van der Waals surface area contributed by atoms with Gasteiger partial charge in [-0.25, -0.2) is 0 Å². The fourth-order valence-electron chi connectivity index (χ4n) is 0.402. The van der Waals surface area contributed by atoms with Crippen LogP contribution in [0.5, 0.6) is 0 Å². The van der Waals surface area contributed by atoms with E-state index in [2.05, 4.69) is 26.7 Å². The van der Waals surface area contributed by atoms with Crippen LogP contribution < -0.4 is 0 Å². The van der Waals surface area contributed by atoms with E-state index in [4.69, 9.17) is 0 Å². The van der Waals surface area contributed by atoms with Gasteiger partial charge in [0, 0.05) is 0 Å². The maximum atomic E-state index is 3.68. The summed E-state index contributed by atoms with van der Waals surface area (Å²) in [6, 6.07) is 0. The second kappa shape index (κ2) is 37.5. The van der Waals surface area contributed by atoms with Gasteiger partial charge >= 0.3 is 0 Å². The van der Waals surface area contributed by atoms with E-state index < -0.39 is 0 Å². The maximum absolute atomic E-state index is 3.68. The summed E-state index contributed by atoms with van der Waals surface area (Å²) in [6.07, 6.45) is 7.67. The summed E-state index contributed by atoms with van der Waals surface area (Å²) in [5.41, 5.74) is 0. The smallest absolute Gasteiger partial charge is 0 e. The number of rotatable bonds is 4. The molecule has 10 heavy (non-hydrogen) atoms. The molecule has 0 spiro atoms. The first-order chi connectivity index (χ1) is 3.41. The molecule has 0 N–H and O–H groups in total. The van der Waals surface area contributed by atoms with Gasteiger partial charge in [-0.1, -0.05) is 6.92 Å². The molecule has 0 aliphatic rings. The van der Waals surface area contributed by atoms with Crippen molar-refractivity contribution in [3.8, 4) is 0 Å². The van der Waals surface area contributed by atoms with Gasteiger partial charge in [-0.05, 0) is 0 Å². The summed E-state index contributed by atoms with van der Waals surface area (Å²) in [7, 11) is 0. The quantitative estimate of drug-likeness (QED) is 0.302. The van der Waals surface area contributed by atoms with Crippen LogP contribution in [0.1, 0.15) is 26.2 Å². The van der Waals surface area contributed by atoms with Crippen LogP contribution in [0.2, 0.25) is 0 Å². The van der Waals surface area contributed by atoms with E-state index in [0.29, 0.717) is 0 Å². The molecule has 0 saturated carbocycles. The zero-order valence-electron chi connectivity index (χ0n) is 6.04. The molecular formula is C7H13Cm3-3. The van der Waals surface area contributed by atoms with Crippen LogP contribution in [0.4, 0.5) is 0 Å². The Kier molecular flexibility index (Phi) is 105. The van der Waals surface area contributed by atoms with E-state index in [9.17, 15) is 0 Å². The Bertz CT molecular complexity index is 28.0. The second-order valence-electron chi connectivity index (χ2n) is 1.51. The summed E-state index contributed by atoms with van der Waals surface area (Å²) >= 11 is 0. The number of hydrogen-bond acceptors (Lipinski definition) is 0. The second-order valence-corrected chi connectivity index (χ2v) is 1.51. The largest absolute Gasteiger partial charge is 0.386 e. The van der Waals surface area contributed by atoms with Crippen molar-refractivity contribution in [1.82, 2.24) is 0 Å². The Morgan fingerprint density at radius 2 is 1.60 bits per heavy atom. The average Bonchev–Trinajstić information content (AvgIpc) is 1.69. The monoisotopic (exact) mass is 826 g/mol. The van der Waals surface area contributed by atoms with Gasteiger partial charge in [-0.2, -0.15) is 6.42 Å². The van der Waals surface area contributed by atoms with Gasteiger partial charge in [0.15, 0.2) is 0 Å². The molecule has 68 valence electrons. The van der Waals surface area contributed by atoms with E-state index in [1.165, 1.54) is 6.42 Å². The zero-order chi connectivity index (χ0) is 5.54. The molecule has 3 heteroatoms. The predicted molar refractivity (Wildman–Crippen MR) is 33.5 cm³/mol. The van der Waals surface area contributed by atoms with Gasteiger partial charge in [0.25, 0.3) is 0 Å². The zero-order valence-corrected chi connectivity index (χ0v) is 14.9. The van der Waals surface area contributed by atoms with Gasteiger partial charge in [0.2, 0.25) is 0 Å². The fourth-order valence-corrected chi connectivity index (χ4v) is 0.402. The molecule has 0 nitrogen and oxygen atoms in total. The van der Waals surface area contributed by atoms with Crippen LogP contribution >= 0.6 is 0 Å². The molecule has 0 aliphatic heterocycles. The molecule has 0 aliphatic carbocycles. The van der Waals surface area contributed by atoms with Crippen molar-refractivity contribution in [2.75, 3.05) is 0 Å². The standard InChI is InChI=1S/C7H13.3Cm/c1-3-5-7-6-4-2;;;/h5-6H,1,3-4,7H2,2H3;;;/q-3;;;. The van der Waals surface area contributed by atoms with E-state index in [1.807, 2.05) is 0 Å². The normalized spacial score (nSPS) is 6.60. The van der Waals surface area contributed by atoms with Crippen LogP contribution in [0.25, 0.3) is 0 Å². The molecule has 0 atom stereocenters. The van der Waals surface area contributed by atoms with Crippen molar-refractivity contribution in [3.63, 3.8) is 0 Å². The third-order valence-electron chi connectivity index (χ3n) is 0.826. The van der Waals surface area contributed by atoms with Crippen LogP contribution in [-0.2, 0) is 0 Å². The molecule has 0 aromatic carbocycles. The van der Waals surface area contributed by atoms with E-state index in [-0.39, 0.29) is 0 Å². The van der Waals surface area contributed by atoms with Crippen molar-refractivity contribution in [1.29, 1.82) is 0 Å². The first-order valence-corrected chi connectivity index (χ1v) is 2.84. The minimum atomic E-state index is 0. The minimum Gasteiger partial charge on any atom is -0.386 e. The average molecular weight is 838 g/mol. The van der Waals surface area contributed by atoms with Gasteiger partial charge in [0.1, 0.15) is 0 Å². The molecule has 0 unspecified atom stereocenters. The molecule has 0 heterocycles. The molecule has 0 radical (unpaired) electrons. The third-order valence-corrected chi connectivity index (χ3v) is 0.826. The van der Waals surface area contributed by atoms with Gasteiger partial charge in [-0.3, -0.25) is 0 Å². The van der Waals surface area contributed by atoms with Crippen molar-refractivity contribution in [2.24, 2.45) is 0 Å². The first-order valence-electron chi connectivity index (χ1n) is 2.84. The number of unbranched alkanes of at least 4 members (excludes halogenated alkanes) is 4. The Morgan fingerprint density at radius 1 is 1.10 bits per heavy atom. The SMILES string of the molecule is [CH2-]C[CH-]C[CH-]CC.[Cm].[Cm].[Cm]. The molecule has 0 saturated heterocycles. The van der Waals surface area contributed by atoms with Crippen LogP contribution in [0.3, 0.4) is 0 Å². The Balaban J connectivity index is -0.0000000600. The van der Waals surface area contributed by atoms with Gasteiger partial charge < -0.3 is 32.6 Å². The molecule has 0 bridgehead atoms. The van der Waals surface area contributed by atoms with Crippen LogP contribution in [0.15, 0.2) is 0 Å². The Hall–Kier alpha value is -3.00. The molecule has 0 amide bonds. The predicted octanol–water partition coefficient (Wildman–Crippen LogP) is 2.42. The molecule has 0 aromatic rings. The van der Waals surface area contributed by atoms with E-state index >= 15 is 0 Å².